The Morgan fingerprint density at radius 3 is 2.63 bits per heavy atom. The highest BCUT2D eigenvalue weighted by atomic mass is 16.2. The van der Waals surface area contributed by atoms with Crippen LogP contribution in [0, 0.1) is 12.8 Å². The van der Waals surface area contributed by atoms with E-state index in [-0.39, 0.29) is 23.7 Å². The average molecular weight is 265 g/mol. The first-order valence-corrected chi connectivity index (χ1v) is 6.71. The lowest BCUT2D eigenvalue weighted by atomic mass is 10.0. The fourth-order valence-corrected chi connectivity index (χ4v) is 1.85. The number of carbonyl (C=O) groups excluding carboxylic acids is 1. The van der Waals surface area contributed by atoms with Crippen molar-refractivity contribution in [2.75, 3.05) is 12.3 Å². The monoisotopic (exact) mass is 265 g/mol. The molecule has 0 unspecified atom stereocenters. The van der Waals surface area contributed by atoms with E-state index < -0.39 is 0 Å². The van der Waals surface area contributed by atoms with Crippen LogP contribution in [-0.4, -0.2) is 17.0 Å². The molecule has 5 heteroatoms. The van der Waals surface area contributed by atoms with E-state index >= 15 is 0 Å². The summed E-state index contributed by atoms with van der Waals surface area (Å²) < 4.78 is 1.34. The van der Waals surface area contributed by atoms with Gasteiger partial charge >= 0.3 is 0 Å². The number of amides is 1. The largest absolute Gasteiger partial charge is 0.394 e. The Kier molecular flexibility index (Phi) is 5.60. The SMILES string of the molecule is CCC(CC)CNC(=O)Cn1ccc(C)c(N)c1=O. The molecule has 0 saturated heterocycles. The van der Waals surface area contributed by atoms with Crippen molar-refractivity contribution in [1.82, 2.24) is 9.88 Å². The molecule has 106 valence electrons. The number of rotatable bonds is 6. The van der Waals surface area contributed by atoms with Crippen LogP contribution in [0.15, 0.2) is 17.1 Å². The van der Waals surface area contributed by atoms with Gasteiger partial charge in [0, 0.05) is 12.7 Å². The number of hydrogen-bond donors (Lipinski definition) is 2. The number of carbonyl (C=O) groups is 1. The lowest BCUT2D eigenvalue weighted by Crippen LogP contribution is -2.35. The second-order valence-electron chi connectivity index (χ2n) is 4.83. The summed E-state index contributed by atoms with van der Waals surface area (Å²) in [5.41, 5.74) is 6.29. The van der Waals surface area contributed by atoms with Crippen molar-refractivity contribution < 1.29 is 4.79 Å². The molecule has 0 aliphatic heterocycles. The maximum absolute atomic E-state index is 11.8. The van der Waals surface area contributed by atoms with E-state index in [9.17, 15) is 9.59 Å². The summed E-state index contributed by atoms with van der Waals surface area (Å²) >= 11 is 0. The second-order valence-corrected chi connectivity index (χ2v) is 4.83. The van der Waals surface area contributed by atoms with Gasteiger partial charge in [0.25, 0.3) is 5.56 Å². The van der Waals surface area contributed by atoms with Gasteiger partial charge in [-0.3, -0.25) is 9.59 Å². The molecular weight excluding hydrogens is 242 g/mol. The standard InChI is InChI=1S/C14H23N3O2/c1-4-11(5-2)8-16-12(18)9-17-7-6-10(3)13(15)14(17)19/h6-7,11H,4-5,8-9,15H2,1-3H3,(H,16,18). The lowest BCUT2D eigenvalue weighted by Gasteiger charge is -2.14. The minimum Gasteiger partial charge on any atom is -0.394 e. The predicted octanol–water partition coefficient (Wildman–Crippen LogP) is 1.29. The van der Waals surface area contributed by atoms with Crippen LogP contribution in [0.25, 0.3) is 0 Å². The number of aryl methyl sites for hydroxylation is 1. The minimum atomic E-state index is -0.308. The molecule has 0 spiro atoms. The van der Waals surface area contributed by atoms with Crippen molar-refractivity contribution in [2.45, 2.75) is 40.2 Å². The number of hydrogen-bond acceptors (Lipinski definition) is 3. The highest BCUT2D eigenvalue weighted by molar-refractivity contribution is 5.75. The zero-order chi connectivity index (χ0) is 14.4. The highest BCUT2D eigenvalue weighted by Gasteiger charge is 2.09. The van der Waals surface area contributed by atoms with Gasteiger partial charge < -0.3 is 15.6 Å². The molecule has 1 amide bonds. The number of nitrogens with one attached hydrogen (secondary N) is 1. The van der Waals surface area contributed by atoms with E-state index in [0.29, 0.717) is 12.5 Å². The van der Waals surface area contributed by atoms with Crippen LogP contribution in [0.4, 0.5) is 5.69 Å². The first-order valence-electron chi connectivity index (χ1n) is 6.71. The fourth-order valence-electron chi connectivity index (χ4n) is 1.85. The van der Waals surface area contributed by atoms with Crippen LogP contribution in [0.1, 0.15) is 32.3 Å². The van der Waals surface area contributed by atoms with Gasteiger partial charge in [0.1, 0.15) is 12.2 Å². The van der Waals surface area contributed by atoms with E-state index in [0.717, 1.165) is 18.4 Å². The van der Waals surface area contributed by atoms with E-state index in [1.807, 2.05) is 0 Å². The highest BCUT2D eigenvalue weighted by Crippen LogP contribution is 2.05. The Labute approximate surface area is 113 Å². The number of anilines is 1. The minimum absolute atomic E-state index is 0.0173. The summed E-state index contributed by atoms with van der Waals surface area (Å²) in [7, 11) is 0. The number of aromatic nitrogens is 1. The van der Waals surface area contributed by atoms with E-state index in [1.54, 1.807) is 19.2 Å². The average Bonchev–Trinajstić information content (AvgIpc) is 2.40. The summed E-state index contributed by atoms with van der Waals surface area (Å²) in [6.07, 6.45) is 3.67. The molecular formula is C14H23N3O2. The molecule has 19 heavy (non-hydrogen) atoms. The van der Waals surface area contributed by atoms with Crippen LogP contribution in [0.3, 0.4) is 0 Å². The van der Waals surface area contributed by atoms with Gasteiger partial charge in [0.2, 0.25) is 5.91 Å². The zero-order valence-electron chi connectivity index (χ0n) is 11.9. The molecule has 0 saturated carbocycles. The third-order valence-electron chi connectivity index (χ3n) is 3.48. The van der Waals surface area contributed by atoms with Crippen LogP contribution in [0.2, 0.25) is 0 Å². The summed E-state index contributed by atoms with van der Waals surface area (Å²) in [6, 6.07) is 1.74. The zero-order valence-corrected chi connectivity index (χ0v) is 11.9. The number of pyridine rings is 1. The number of nitrogens with two attached hydrogens (primary N) is 1. The van der Waals surface area contributed by atoms with Crippen molar-refractivity contribution in [1.29, 1.82) is 0 Å². The molecule has 3 N–H and O–H groups in total. The summed E-state index contributed by atoms with van der Waals surface area (Å²) in [5.74, 6) is 0.334. The predicted molar refractivity (Wildman–Crippen MR) is 76.9 cm³/mol. The van der Waals surface area contributed by atoms with Crippen LogP contribution >= 0.6 is 0 Å². The van der Waals surface area contributed by atoms with Gasteiger partial charge in [-0.15, -0.1) is 0 Å². The third-order valence-corrected chi connectivity index (χ3v) is 3.48. The molecule has 1 rings (SSSR count). The van der Waals surface area contributed by atoms with Crippen LogP contribution in [0.5, 0.6) is 0 Å². The Balaban J connectivity index is 2.63. The lowest BCUT2D eigenvalue weighted by molar-refractivity contribution is -0.121. The maximum atomic E-state index is 11.8. The van der Waals surface area contributed by atoms with Crippen molar-refractivity contribution in [3.63, 3.8) is 0 Å². The van der Waals surface area contributed by atoms with Crippen molar-refractivity contribution in [2.24, 2.45) is 5.92 Å². The van der Waals surface area contributed by atoms with Gasteiger partial charge in [0.15, 0.2) is 0 Å². The van der Waals surface area contributed by atoms with Crippen LogP contribution in [-0.2, 0) is 11.3 Å². The molecule has 5 nitrogen and oxygen atoms in total. The van der Waals surface area contributed by atoms with Gasteiger partial charge in [-0.25, -0.2) is 0 Å². The van der Waals surface area contributed by atoms with E-state index in [2.05, 4.69) is 19.2 Å². The van der Waals surface area contributed by atoms with E-state index in [1.165, 1.54) is 4.57 Å². The number of nitrogen functional groups attached to an aromatic ring is 1. The summed E-state index contributed by atoms with van der Waals surface area (Å²) in [6.45, 7) is 6.65. The Bertz CT molecular complexity index is 490. The van der Waals surface area contributed by atoms with Crippen molar-refractivity contribution >= 4 is 11.6 Å². The van der Waals surface area contributed by atoms with Crippen LogP contribution < -0.4 is 16.6 Å². The topological polar surface area (TPSA) is 77.1 Å². The quantitative estimate of drug-likeness (QED) is 0.813. The molecule has 0 bridgehead atoms. The smallest absolute Gasteiger partial charge is 0.274 e. The Morgan fingerprint density at radius 2 is 2.05 bits per heavy atom. The van der Waals surface area contributed by atoms with Crippen molar-refractivity contribution in [3.05, 3.63) is 28.2 Å². The molecule has 1 aromatic heterocycles. The Hall–Kier alpha value is -1.78. The first kappa shape index (κ1) is 15.3. The fraction of sp³-hybridized carbons (Fsp3) is 0.571. The normalized spacial score (nSPS) is 10.7. The number of nitrogens with zero attached hydrogens (tertiary/aromatic N) is 1. The van der Waals surface area contributed by atoms with Gasteiger partial charge in [-0.1, -0.05) is 26.7 Å². The molecule has 0 fully saturated rings. The molecule has 0 aliphatic carbocycles. The molecule has 1 heterocycles. The van der Waals surface area contributed by atoms with Gasteiger partial charge in [0.05, 0.1) is 0 Å². The molecule has 0 aromatic carbocycles. The van der Waals surface area contributed by atoms with Crippen molar-refractivity contribution in [3.8, 4) is 0 Å². The van der Waals surface area contributed by atoms with Gasteiger partial charge in [-0.05, 0) is 24.5 Å². The maximum Gasteiger partial charge on any atom is 0.274 e. The summed E-state index contributed by atoms with van der Waals surface area (Å²) in [5, 5.41) is 2.85. The second kappa shape index (κ2) is 6.97. The third kappa shape index (κ3) is 4.12. The molecule has 0 aliphatic rings. The van der Waals surface area contributed by atoms with E-state index in [4.69, 9.17) is 5.73 Å². The first-order chi connectivity index (χ1) is 8.99. The molecule has 0 radical (unpaired) electrons. The Morgan fingerprint density at radius 1 is 1.42 bits per heavy atom. The molecule has 0 atom stereocenters. The van der Waals surface area contributed by atoms with Gasteiger partial charge in [-0.2, -0.15) is 0 Å². The molecule has 1 aromatic rings. The summed E-state index contributed by atoms with van der Waals surface area (Å²) in [4.78, 5) is 23.6.